The summed E-state index contributed by atoms with van der Waals surface area (Å²) in [5.41, 5.74) is 25.8. The zero-order valence-electron chi connectivity index (χ0n) is 51.5. The molecule has 1 heteroatoms. The van der Waals surface area contributed by atoms with Gasteiger partial charge in [-0.25, -0.2) is 0 Å². The van der Waals surface area contributed by atoms with Crippen LogP contribution in [0.1, 0.15) is 233 Å². The molecular formula is C72H98S. The van der Waals surface area contributed by atoms with Crippen LogP contribution in [-0.2, 0) is 43.3 Å². The van der Waals surface area contributed by atoms with Gasteiger partial charge in [0, 0.05) is 20.9 Å². The van der Waals surface area contributed by atoms with Gasteiger partial charge in [-0.3, -0.25) is 0 Å². The van der Waals surface area contributed by atoms with Gasteiger partial charge in [-0.05, 0) is 167 Å². The molecule has 0 amide bonds. The molecule has 0 aliphatic heterocycles. The van der Waals surface area contributed by atoms with Crippen molar-refractivity contribution in [3.8, 4) is 44.5 Å². The van der Waals surface area contributed by atoms with Crippen molar-refractivity contribution in [1.29, 1.82) is 0 Å². The van der Waals surface area contributed by atoms with Crippen LogP contribution in [0, 0.1) is 27.7 Å². The maximum absolute atomic E-state index is 2.77. The third kappa shape index (κ3) is 12.0. The maximum Gasteiger partial charge on any atom is 0.0292 e. The molecule has 0 heterocycles. The highest BCUT2D eigenvalue weighted by Crippen LogP contribution is 2.60. The van der Waals surface area contributed by atoms with Gasteiger partial charge in [0.25, 0.3) is 0 Å². The molecule has 0 aromatic heterocycles. The first-order chi connectivity index (χ1) is 32.9. The SMILES string of the molecule is Cc1cc(C(C)(C)C)c(-c2cc(-c3c(C(C)(C)C)cc(C)cc3C(C)(C)C)c(-c3c(C(C)(C)C)cc(C)cc3C(C)(C)C)c(Sc3ccccc3)c2-c2c(C(C)(C)C)cc(C)cc2C(C)(C)C)c(C(C)(C)C)c1. The molecule has 0 nitrogen and oxygen atoms in total. The molecule has 0 spiro atoms. The van der Waals surface area contributed by atoms with Gasteiger partial charge in [-0.1, -0.05) is 267 Å². The average Bonchev–Trinajstić information content (AvgIpc) is 3.20. The van der Waals surface area contributed by atoms with E-state index in [0.717, 1.165) is 0 Å². The Morgan fingerprint density at radius 2 is 0.452 bits per heavy atom. The van der Waals surface area contributed by atoms with E-state index in [-0.39, 0.29) is 43.3 Å². The second kappa shape index (κ2) is 19.4. The first-order valence-corrected chi connectivity index (χ1v) is 28.3. The van der Waals surface area contributed by atoms with Gasteiger partial charge in [0.15, 0.2) is 0 Å². The molecule has 0 aliphatic rings. The first kappa shape index (κ1) is 57.9. The van der Waals surface area contributed by atoms with Crippen LogP contribution in [0.25, 0.3) is 44.5 Å². The molecule has 0 saturated heterocycles. The second-order valence-corrected chi connectivity index (χ2v) is 31.5. The topological polar surface area (TPSA) is 0 Å². The van der Waals surface area contributed by atoms with Crippen molar-refractivity contribution in [2.24, 2.45) is 0 Å². The molecule has 392 valence electrons. The van der Waals surface area contributed by atoms with Crippen LogP contribution in [0.4, 0.5) is 0 Å². The lowest BCUT2D eigenvalue weighted by atomic mass is 9.66. The van der Waals surface area contributed by atoms with Crippen molar-refractivity contribution >= 4 is 11.8 Å². The molecule has 0 radical (unpaired) electrons. The van der Waals surface area contributed by atoms with Crippen LogP contribution in [0.2, 0.25) is 0 Å². The molecule has 0 saturated carbocycles. The zero-order chi connectivity index (χ0) is 55.3. The fourth-order valence-corrected chi connectivity index (χ4v) is 12.4. The zero-order valence-corrected chi connectivity index (χ0v) is 52.3. The van der Waals surface area contributed by atoms with E-state index in [9.17, 15) is 0 Å². The predicted octanol–water partition coefficient (Wildman–Crippen LogP) is 22.1. The number of rotatable bonds is 6. The van der Waals surface area contributed by atoms with Gasteiger partial charge < -0.3 is 0 Å². The van der Waals surface area contributed by atoms with Crippen molar-refractivity contribution in [1.82, 2.24) is 0 Å². The summed E-state index contributed by atoms with van der Waals surface area (Å²) < 4.78 is 0. The Kier molecular flexibility index (Phi) is 15.4. The lowest BCUT2D eigenvalue weighted by Gasteiger charge is -2.39. The molecule has 6 aromatic carbocycles. The standard InChI is InChI=1S/C72H98S/c1-43-34-50(65(5,6)7)58(51(35-43)66(8,9)10)48-42-49(59-52(67(11,12)13)36-44(2)37-53(59)68(14,15)16)61(63-56(71(23,24)25)40-46(4)41-57(63)72(26,27)28)64(73-47-32-30-29-31-33-47)60(48)62-54(69(17,18)19)38-45(3)39-55(62)70(20,21)22/h29-42H,1-28H3. The van der Waals surface area contributed by atoms with Crippen molar-refractivity contribution in [2.75, 3.05) is 0 Å². The number of hydrogen-bond donors (Lipinski definition) is 0. The summed E-state index contributed by atoms with van der Waals surface area (Å²) >= 11 is 1.99. The van der Waals surface area contributed by atoms with Gasteiger partial charge in [0.05, 0.1) is 0 Å². The number of aryl methyl sites for hydroxylation is 4. The van der Waals surface area contributed by atoms with Gasteiger partial charge >= 0.3 is 0 Å². The lowest BCUT2D eigenvalue weighted by molar-refractivity contribution is 0.568. The van der Waals surface area contributed by atoms with Crippen LogP contribution in [0.3, 0.4) is 0 Å². The fraction of sp³-hybridized carbons (Fsp3) is 0.500. The Morgan fingerprint density at radius 1 is 0.247 bits per heavy atom. The van der Waals surface area contributed by atoms with Gasteiger partial charge in [-0.15, -0.1) is 0 Å². The predicted molar refractivity (Wildman–Crippen MR) is 327 cm³/mol. The highest BCUT2D eigenvalue weighted by molar-refractivity contribution is 7.99. The number of hydrogen-bond acceptors (Lipinski definition) is 1. The molecule has 0 fully saturated rings. The minimum Gasteiger partial charge on any atom is -0.0887 e. The summed E-state index contributed by atoms with van der Waals surface area (Å²) in [6.45, 7) is 67.8. The fourth-order valence-electron chi connectivity index (χ4n) is 11.3. The average molecular weight is 996 g/mol. The Hall–Kier alpha value is -4.33. The van der Waals surface area contributed by atoms with Crippen LogP contribution >= 0.6 is 11.8 Å². The third-order valence-corrected chi connectivity index (χ3v) is 16.0. The monoisotopic (exact) mass is 995 g/mol. The summed E-state index contributed by atoms with van der Waals surface area (Å²) in [5.74, 6) is 0. The van der Waals surface area contributed by atoms with E-state index >= 15 is 0 Å². The van der Waals surface area contributed by atoms with Gasteiger partial charge in [0.2, 0.25) is 0 Å². The van der Waals surface area contributed by atoms with Crippen molar-refractivity contribution < 1.29 is 0 Å². The first-order valence-electron chi connectivity index (χ1n) is 27.5. The van der Waals surface area contributed by atoms with Crippen LogP contribution < -0.4 is 0 Å². The van der Waals surface area contributed by atoms with E-state index in [1.165, 1.54) is 121 Å². The van der Waals surface area contributed by atoms with E-state index in [1.807, 2.05) is 11.8 Å². The Balaban J connectivity index is 2.30. The van der Waals surface area contributed by atoms with Gasteiger partial charge in [0.1, 0.15) is 0 Å². The normalized spacial score (nSPS) is 13.5. The Morgan fingerprint density at radius 3 is 0.658 bits per heavy atom. The second-order valence-electron chi connectivity index (χ2n) is 30.4. The third-order valence-electron chi connectivity index (χ3n) is 14.9. The molecule has 6 rings (SSSR count). The summed E-state index contributed by atoms with van der Waals surface area (Å²) in [6.07, 6.45) is 0. The number of benzene rings is 6. The van der Waals surface area contributed by atoms with E-state index in [4.69, 9.17) is 0 Å². The van der Waals surface area contributed by atoms with E-state index < -0.39 is 0 Å². The molecule has 0 atom stereocenters. The highest BCUT2D eigenvalue weighted by atomic mass is 32.2. The largest absolute Gasteiger partial charge is 0.0887 e. The summed E-state index contributed by atoms with van der Waals surface area (Å²) in [7, 11) is 0. The molecule has 0 aliphatic carbocycles. The maximum atomic E-state index is 2.77. The van der Waals surface area contributed by atoms with E-state index in [2.05, 4.69) is 279 Å². The Labute approximate surface area is 452 Å². The van der Waals surface area contributed by atoms with Gasteiger partial charge in [-0.2, -0.15) is 0 Å². The molecule has 0 N–H and O–H groups in total. The van der Waals surface area contributed by atoms with E-state index in [0.29, 0.717) is 0 Å². The van der Waals surface area contributed by atoms with Crippen molar-refractivity contribution in [2.45, 2.75) is 247 Å². The summed E-state index contributed by atoms with van der Waals surface area (Å²) in [6, 6.07) is 34.3. The highest BCUT2D eigenvalue weighted by Gasteiger charge is 2.40. The molecule has 0 bridgehead atoms. The van der Waals surface area contributed by atoms with Crippen LogP contribution in [0.15, 0.2) is 94.7 Å². The summed E-state index contributed by atoms with van der Waals surface area (Å²) in [5, 5.41) is 0. The quantitative estimate of drug-likeness (QED) is 0.160. The van der Waals surface area contributed by atoms with Crippen molar-refractivity contribution in [3.63, 3.8) is 0 Å². The molecule has 6 aromatic rings. The van der Waals surface area contributed by atoms with E-state index in [1.54, 1.807) is 0 Å². The molecule has 0 unspecified atom stereocenters. The van der Waals surface area contributed by atoms with Crippen molar-refractivity contribution in [3.05, 3.63) is 152 Å². The molecule has 73 heavy (non-hydrogen) atoms. The molecular weight excluding hydrogens is 897 g/mol. The smallest absolute Gasteiger partial charge is 0.0292 e. The minimum absolute atomic E-state index is 0.177. The van der Waals surface area contributed by atoms with Crippen LogP contribution in [-0.4, -0.2) is 0 Å². The minimum atomic E-state index is -0.189. The van der Waals surface area contributed by atoms with Crippen LogP contribution in [0.5, 0.6) is 0 Å². The Bertz CT molecular complexity index is 2710. The summed E-state index contributed by atoms with van der Waals surface area (Å²) in [4.78, 5) is 2.57. The lowest BCUT2D eigenvalue weighted by Crippen LogP contribution is -2.23.